The van der Waals surface area contributed by atoms with Crippen LogP contribution in [0.1, 0.15) is 25.0 Å². The molecule has 1 atom stereocenters. The van der Waals surface area contributed by atoms with E-state index in [1.807, 2.05) is 24.3 Å². The lowest BCUT2D eigenvalue weighted by molar-refractivity contribution is 0.228. The molecule has 1 unspecified atom stereocenters. The molecule has 1 N–H and O–H groups in total. The molecule has 0 heterocycles. The maximum absolute atomic E-state index is 9.51. The zero-order valence-corrected chi connectivity index (χ0v) is 8.44. The van der Waals surface area contributed by atoms with E-state index in [0.717, 1.165) is 17.7 Å². The summed E-state index contributed by atoms with van der Waals surface area (Å²) in [5, 5.41) is 9.51. The van der Waals surface area contributed by atoms with E-state index < -0.39 is 6.10 Å². The lowest BCUT2D eigenvalue weighted by atomic mass is 10.1. The molecule has 0 spiro atoms. The smallest absolute Gasteiger partial charge is 0.119 e. The second kappa shape index (κ2) is 5.45. The Labute approximate surface area is 84.8 Å². The predicted octanol–water partition coefficient (Wildman–Crippen LogP) is 2.69. The molecule has 0 bridgehead atoms. The fourth-order valence-electron chi connectivity index (χ4n) is 1.14. The summed E-state index contributed by atoms with van der Waals surface area (Å²) in [7, 11) is 0. The minimum Gasteiger partial charge on any atom is -0.494 e. The van der Waals surface area contributed by atoms with E-state index >= 15 is 0 Å². The zero-order chi connectivity index (χ0) is 10.4. The Morgan fingerprint density at radius 3 is 3.00 bits per heavy atom. The van der Waals surface area contributed by atoms with E-state index in [0.29, 0.717) is 6.61 Å². The highest BCUT2D eigenvalue weighted by atomic mass is 16.5. The molecule has 1 aromatic rings. The van der Waals surface area contributed by atoms with Gasteiger partial charge in [-0.1, -0.05) is 25.1 Å². The number of rotatable bonds is 5. The standard InChI is InChI=1S/C12H16O2/c1-3-8-14-11-7-5-6-10(9-11)12(13)4-2/h4-7,9,12-13H,2-3,8H2,1H3. The van der Waals surface area contributed by atoms with Gasteiger partial charge in [0.05, 0.1) is 12.7 Å². The molecular formula is C12H16O2. The van der Waals surface area contributed by atoms with Crippen LogP contribution in [0.4, 0.5) is 0 Å². The van der Waals surface area contributed by atoms with E-state index in [2.05, 4.69) is 13.5 Å². The summed E-state index contributed by atoms with van der Waals surface area (Å²) in [5.41, 5.74) is 0.814. The average Bonchev–Trinajstić information content (AvgIpc) is 2.25. The lowest BCUT2D eigenvalue weighted by Gasteiger charge is -2.08. The van der Waals surface area contributed by atoms with E-state index in [4.69, 9.17) is 4.74 Å². The van der Waals surface area contributed by atoms with Crippen LogP contribution in [0.25, 0.3) is 0 Å². The summed E-state index contributed by atoms with van der Waals surface area (Å²) >= 11 is 0. The fraction of sp³-hybridized carbons (Fsp3) is 0.333. The largest absolute Gasteiger partial charge is 0.494 e. The summed E-state index contributed by atoms with van der Waals surface area (Å²) in [6.07, 6.45) is 1.87. The fourth-order valence-corrected chi connectivity index (χ4v) is 1.14. The second-order valence-electron chi connectivity index (χ2n) is 3.10. The third kappa shape index (κ3) is 2.89. The maximum atomic E-state index is 9.51. The van der Waals surface area contributed by atoms with E-state index in [1.165, 1.54) is 6.08 Å². The Morgan fingerprint density at radius 1 is 1.57 bits per heavy atom. The Balaban J connectivity index is 2.73. The van der Waals surface area contributed by atoms with Gasteiger partial charge in [-0.15, -0.1) is 6.58 Å². The van der Waals surface area contributed by atoms with Crippen molar-refractivity contribution in [2.24, 2.45) is 0 Å². The monoisotopic (exact) mass is 192 g/mol. The highest BCUT2D eigenvalue weighted by Crippen LogP contribution is 2.19. The highest BCUT2D eigenvalue weighted by molar-refractivity contribution is 5.31. The molecule has 0 amide bonds. The Bertz CT molecular complexity index is 294. The van der Waals surface area contributed by atoms with Crippen LogP contribution >= 0.6 is 0 Å². The van der Waals surface area contributed by atoms with Gasteiger partial charge in [0.15, 0.2) is 0 Å². The first-order chi connectivity index (χ1) is 6.77. The van der Waals surface area contributed by atoms with Gasteiger partial charge in [0, 0.05) is 0 Å². The summed E-state index contributed by atoms with van der Waals surface area (Å²) in [6, 6.07) is 7.44. The van der Waals surface area contributed by atoms with Crippen molar-refractivity contribution in [1.82, 2.24) is 0 Å². The van der Waals surface area contributed by atoms with Gasteiger partial charge in [0.2, 0.25) is 0 Å². The normalized spacial score (nSPS) is 12.1. The average molecular weight is 192 g/mol. The minimum absolute atomic E-state index is 0.611. The zero-order valence-electron chi connectivity index (χ0n) is 8.44. The molecule has 0 aliphatic rings. The molecule has 0 fully saturated rings. The maximum Gasteiger partial charge on any atom is 0.119 e. The van der Waals surface area contributed by atoms with Gasteiger partial charge in [-0.05, 0) is 24.1 Å². The van der Waals surface area contributed by atoms with Crippen molar-refractivity contribution in [2.45, 2.75) is 19.4 Å². The van der Waals surface area contributed by atoms with Crippen LogP contribution in [0.15, 0.2) is 36.9 Å². The Hall–Kier alpha value is -1.28. The minimum atomic E-state index is -0.611. The molecule has 1 rings (SSSR count). The topological polar surface area (TPSA) is 29.5 Å². The summed E-state index contributed by atoms with van der Waals surface area (Å²) in [6.45, 7) is 6.30. The number of aliphatic hydroxyl groups is 1. The van der Waals surface area contributed by atoms with Crippen molar-refractivity contribution in [3.63, 3.8) is 0 Å². The lowest BCUT2D eigenvalue weighted by Crippen LogP contribution is -1.97. The molecule has 0 saturated carbocycles. The van der Waals surface area contributed by atoms with Gasteiger partial charge in [0.25, 0.3) is 0 Å². The third-order valence-corrected chi connectivity index (χ3v) is 1.90. The molecule has 0 saturated heterocycles. The van der Waals surface area contributed by atoms with Crippen molar-refractivity contribution in [2.75, 3.05) is 6.61 Å². The van der Waals surface area contributed by atoms with Crippen molar-refractivity contribution in [3.05, 3.63) is 42.5 Å². The molecule has 0 aliphatic carbocycles. The first-order valence-corrected chi connectivity index (χ1v) is 4.81. The molecule has 0 aliphatic heterocycles. The van der Waals surface area contributed by atoms with Gasteiger partial charge in [-0.2, -0.15) is 0 Å². The van der Waals surface area contributed by atoms with Crippen molar-refractivity contribution < 1.29 is 9.84 Å². The van der Waals surface area contributed by atoms with Gasteiger partial charge < -0.3 is 9.84 Å². The van der Waals surface area contributed by atoms with Gasteiger partial charge in [-0.3, -0.25) is 0 Å². The third-order valence-electron chi connectivity index (χ3n) is 1.90. The summed E-state index contributed by atoms with van der Waals surface area (Å²) in [4.78, 5) is 0. The molecule has 14 heavy (non-hydrogen) atoms. The van der Waals surface area contributed by atoms with Crippen LogP contribution in [0.3, 0.4) is 0 Å². The number of hydrogen-bond donors (Lipinski definition) is 1. The Morgan fingerprint density at radius 2 is 2.36 bits per heavy atom. The number of ether oxygens (including phenoxy) is 1. The van der Waals surface area contributed by atoms with Crippen LogP contribution in [-0.2, 0) is 0 Å². The number of aliphatic hydroxyl groups excluding tert-OH is 1. The molecule has 0 aromatic heterocycles. The van der Waals surface area contributed by atoms with Gasteiger partial charge >= 0.3 is 0 Å². The van der Waals surface area contributed by atoms with Gasteiger partial charge in [-0.25, -0.2) is 0 Å². The summed E-state index contributed by atoms with van der Waals surface area (Å²) < 4.78 is 5.45. The molecular weight excluding hydrogens is 176 g/mol. The SMILES string of the molecule is C=CC(O)c1cccc(OCCC)c1. The predicted molar refractivity (Wildman–Crippen MR) is 57.4 cm³/mol. The molecule has 2 heteroatoms. The van der Waals surface area contributed by atoms with Crippen molar-refractivity contribution in [3.8, 4) is 5.75 Å². The van der Waals surface area contributed by atoms with E-state index in [9.17, 15) is 5.11 Å². The first-order valence-electron chi connectivity index (χ1n) is 4.81. The quantitative estimate of drug-likeness (QED) is 0.727. The van der Waals surface area contributed by atoms with Crippen LogP contribution in [0, 0.1) is 0 Å². The van der Waals surface area contributed by atoms with Crippen molar-refractivity contribution >= 4 is 0 Å². The molecule has 76 valence electrons. The van der Waals surface area contributed by atoms with Crippen LogP contribution in [-0.4, -0.2) is 11.7 Å². The molecule has 2 nitrogen and oxygen atoms in total. The summed E-state index contributed by atoms with van der Waals surface area (Å²) in [5.74, 6) is 0.797. The number of hydrogen-bond acceptors (Lipinski definition) is 2. The molecule has 0 radical (unpaired) electrons. The highest BCUT2D eigenvalue weighted by Gasteiger charge is 2.03. The van der Waals surface area contributed by atoms with Gasteiger partial charge in [0.1, 0.15) is 5.75 Å². The number of benzene rings is 1. The van der Waals surface area contributed by atoms with Crippen LogP contribution in [0.5, 0.6) is 5.75 Å². The van der Waals surface area contributed by atoms with Crippen LogP contribution < -0.4 is 4.74 Å². The molecule has 1 aromatic carbocycles. The van der Waals surface area contributed by atoms with E-state index in [1.54, 1.807) is 0 Å². The van der Waals surface area contributed by atoms with E-state index in [-0.39, 0.29) is 0 Å². The second-order valence-corrected chi connectivity index (χ2v) is 3.10. The van der Waals surface area contributed by atoms with Crippen LogP contribution in [0.2, 0.25) is 0 Å². The van der Waals surface area contributed by atoms with Crippen molar-refractivity contribution in [1.29, 1.82) is 0 Å². The Kier molecular flexibility index (Phi) is 4.20. The first kappa shape index (κ1) is 10.8.